The van der Waals surface area contributed by atoms with Crippen LogP contribution in [-0.2, 0) is 42.3 Å². The molecule has 0 atom stereocenters. The third-order valence-electron chi connectivity index (χ3n) is 4.50. The van der Waals surface area contributed by atoms with Gasteiger partial charge in [0.15, 0.2) is 5.78 Å². The van der Waals surface area contributed by atoms with Crippen molar-refractivity contribution in [1.82, 2.24) is 9.80 Å². The topological polar surface area (TPSA) is 73.0 Å². The van der Waals surface area contributed by atoms with Crippen molar-refractivity contribution in [2.75, 3.05) is 26.2 Å². The van der Waals surface area contributed by atoms with Crippen molar-refractivity contribution in [2.24, 2.45) is 20.4 Å². The fourth-order valence-electron chi connectivity index (χ4n) is 2.57. The quantitative estimate of drug-likeness (QED) is 0.127. The molecule has 0 amide bonds. The minimum atomic E-state index is -0.00241. The molecule has 0 aliphatic heterocycles. The first kappa shape index (κ1) is 29.1. The van der Waals surface area contributed by atoms with Crippen LogP contribution in [0.3, 0.4) is 0 Å². The Labute approximate surface area is 207 Å². The van der Waals surface area contributed by atoms with Gasteiger partial charge in [-0.3, -0.25) is 4.79 Å². The number of benzene rings is 1. The van der Waals surface area contributed by atoms with Gasteiger partial charge in [0, 0.05) is 47.6 Å². The molecule has 1 radical (unpaired) electrons. The smallest absolute Gasteiger partial charge is 0.741 e. The van der Waals surface area contributed by atoms with Gasteiger partial charge in [-0.1, -0.05) is 24.3 Å². The first-order valence-corrected chi connectivity index (χ1v) is 10.8. The van der Waals surface area contributed by atoms with Gasteiger partial charge in [-0.05, 0) is 41.5 Å². The van der Waals surface area contributed by atoms with Crippen LogP contribution in [0.2, 0.25) is 0 Å². The average molecular weight is 510 g/mol. The van der Waals surface area contributed by atoms with E-state index in [4.69, 9.17) is 25.3 Å². The van der Waals surface area contributed by atoms with Crippen molar-refractivity contribution in [2.45, 2.75) is 41.5 Å². The van der Waals surface area contributed by atoms with Gasteiger partial charge in [0.2, 0.25) is 0 Å². The Morgan fingerprint density at radius 1 is 0.742 bits per heavy atom. The molecule has 0 saturated carbocycles. The van der Waals surface area contributed by atoms with Gasteiger partial charge in [-0.25, -0.2) is 0 Å². The SMILES string of the molecule is CCN(CC)C([S-])=NN=C(C)C(=NN=C([S-])N(CC)CC)c1ccc(C(C)=O)cc1.[Cu+2]. The van der Waals surface area contributed by atoms with E-state index in [0.717, 1.165) is 31.7 Å². The molecule has 0 unspecified atom stereocenters. The van der Waals surface area contributed by atoms with Crippen molar-refractivity contribution in [1.29, 1.82) is 0 Å². The first-order valence-electron chi connectivity index (χ1n) is 10.0. The van der Waals surface area contributed by atoms with E-state index in [0.29, 0.717) is 27.3 Å². The van der Waals surface area contributed by atoms with Crippen LogP contribution < -0.4 is 0 Å². The maximum Gasteiger partial charge on any atom is 2.00 e. The molecule has 0 fully saturated rings. The van der Waals surface area contributed by atoms with E-state index >= 15 is 0 Å². The zero-order valence-electron chi connectivity index (χ0n) is 18.8. The Morgan fingerprint density at radius 3 is 1.52 bits per heavy atom. The van der Waals surface area contributed by atoms with Crippen molar-refractivity contribution in [3.63, 3.8) is 0 Å². The number of nitrogens with zero attached hydrogens (tertiary/aromatic N) is 6. The van der Waals surface area contributed by atoms with Crippen molar-refractivity contribution < 1.29 is 21.9 Å². The Balaban J connectivity index is 0.00000900. The second-order valence-electron chi connectivity index (χ2n) is 6.38. The normalized spacial score (nSPS) is 13.0. The van der Waals surface area contributed by atoms with Crippen molar-refractivity contribution >= 4 is 52.8 Å². The molecule has 31 heavy (non-hydrogen) atoms. The molecule has 1 aromatic carbocycles. The minimum Gasteiger partial charge on any atom is -0.741 e. The van der Waals surface area contributed by atoms with Crippen LogP contribution in [0, 0.1) is 0 Å². The van der Waals surface area contributed by atoms with Crippen LogP contribution in [0.25, 0.3) is 0 Å². The molecule has 10 heteroatoms. The van der Waals surface area contributed by atoms with Gasteiger partial charge in [0.05, 0.1) is 5.71 Å². The molecule has 0 spiro atoms. The summed E-state index contributed by atoms with van der Waals surface area (Å²) >= 11 is 10.7. The predicted octanol–water partition coefficient (Wildman–Crippen LogP) is 3.46. The summed E-state index contributed by atoms with van der Waals surface area (Å²) in [5.41, 5.74) is 2.45. The Bertz CT molecular complexity index is 829. The number of Topliss-reactive ketones (excluding diaryl/α,β-unsaturated/α-hetero) is 1. The molecule has 0 aliphatic rings. The predicted molar refractivity (Wildman–Crippen MR) is 132 cm³/mol. The van der Waals surface area contributed by atoms with Crippen LogP contribution in [0.4, 0.5) is 0 Å². The fraction of sp³-hybridized carbons (Fsp3) is 0.476. The molecule has 0 bridgehead atoms. The molecule has 0 heterocycles. The first-order chi connectivity index (χ1) is 14.3. The summed E-state index contributed by atoms with van der Waals surface area (Å²) < 4.78 is 0. The van der Waals surface area contributed by atoms with Crippen molar-refractivity contribution in [3.05, 3.63) is 35.4 Å². The standard InChI is InChI=1S/C21H32N6OS2.Cu/c1-7-26(8-2)20(29)24-22-15(5)19(23-25-21(30)27(9-3)10-4)18-13-11-17(12-14-18)16(6)28;/h11-14H,7-10H2,1-6H3,(H,24,29)(H,25,30);/q;+2/p-2. The van der Waals surface area contributed by atoms with Gasteiger partial charge >= 0.3 is 17.1 Å². The molecular formula is C21H30CuN6OS2. The van der Waals surface area contributed by atoms with Crippen LogP contribution in [0.1, 0.15) is 57.5 Å². The zero-order valence-corrected chi connectivity index (χ0v) is 21.4. The summed E-state index contributed by atoms with van der Waals surface area (Å²) in [6.45, 7) is 14.4. The van der Waals surface area contributed by atoms with Crippen LogP contribution in [0.5, 0.6) is 0 Å². The largest absolute Gasteiger partial charge is 2.00 e. The summed E-state index contributed by atoms with van der Waals surface area (Å²) in [6.07, 6.45) is 0. The third-order valence-corrected chi connectivity index (χ3v) is 5.18. The Kier molecular flexibility index (Phi) is 14.1. The number of hydrogen-bond acceptors (Lipinski definition) is 7. The number of carbonyl (C=O) groups is 1. The molecule has 0 aliphatic carbocycles. The summed E-state index contributed by atoms with van der Waals surface area (Å²) in [4.78, 5) is 15.5. The van der Waals surface area contributed by atoms with E-state index in [1.54, 1.807) is 19.1 Å². The molecule has 0 saturated heterocycles. The fourth-order valence-corrected chi connectivity index (χ4v) is 3.17. The Hall–Kier alpha value is -1.87. The molecule has 1 aromatic rings. The minimum absolute atomic E-state index is 0. The number of rotatable bonds is 9. The van der Waals surface area contributed by atoms with Gasteiger partial charge in [-0.2, -0.15) is 15.3 Å². The number of ketones is 1. The average Bonchev–Trinajstić information content (AvgIpc) is 2.74. The summed E-state index contributed by atoms with van der Waals surface area (Å²) in [5.74, 6) is -0.00241. The maximum absolute atomic E-state index is 11.6. The summed E-state index contributed by atoms with van der Waals surface area (Å²) in [6, 6.07) is 7.13. The summed E-state index contributed by atoms with van der Waals surface area (Å²) in [5, 5.41) is 17.9. The monoisotopic (exact) mass is 509 g/mol. The van der Waals surface area contributed by atoms with E-state index in [1.807, 2.05) is 49.6 Å². The molecule has 173 valence electrons. The van der Waals surface area contributed by atoms with E-state index in [2.05, 4.69) is 20.4 Å². The molecule has 7 nitrogen and oxygen atoms in total. The second-order valence-corrected chi connectivity index (χ2v) is 7.11. The number of amidine groups is 2. The second kappa shape index (κ2) is 15.0. The van der Waals surface area contributed by atoms with Crippen LogP contribution in [0.15, 0.2) is 44.7 Å². The maximum atomic E-state index is 11.6. The van der Waals surface area contributed by atoms with Gasteiger partial charge in [-0.15, -0.1) is 5.10 Å². The number of carbonyl (C=O) groups excluding carboxylic acids is 1. The van der Waals surface area contributed by atoms with E-state index in [9.17, 15) is 4.79 Å². The van der Waals surface area contributed by atoms with Gasteiger partial charge < -0.3 is 35.1 Å². The van der Waals surface area contributed by atoms with E-state index < -0.39 is 0 Å². The molecule has 1 rings (SSSR count). The third kappa shape index (κ3) is 9.03. The molecular weight excluding hydrogens is 480 g/mol. The van der Waals surface area contributed by atoms with Crippen molar-refractivity contribution in [3.8, 4) is 0 Å². The summed E-state index contributed by atoms with van der Waals surface area (Å²) in [7, 11) is 0. The molecule has 0 N–H and O–H groups in total. The van der Waals surface area contributed by atoms with Crippen LogP contribution >= 0.6 is 0 Å². The van der Waals surface area contributed by atoms with E-state index in [1.165, 1.54) is 6.92 Å². The van der Waals surface area contributed by atoms with Gasteiger partial charge in [0.1, 0.15) is 5.71 Å². The van der Waals surface area contributed by atoms with E-state index in [-0.39, 0.29) is 22.9 Å². The van der Waals surface area contributed by atoms with Crippen LogP contribution in [-0.4, -0.2) is 63.5 Å². The number of hydrogen-bond donors (Lipinski definition) is 0. The molecule has 0 aromatic heterocycles. The Morgan fingerprint density at radius 2 is 1.13 bits per heavy atom. The van der Waals surface area contributed by atoms with Gasteiger partial charge in [0.25, 0.3) is 0 Å². The zero-order chi connectivity index (χ0) is 22.7.